The average Bonchev–Trinajstić information content (AvgIpc) is 2.84. The predicted octanol–water partition coefficient (Wildman–Crippen LogP) is 2.83. The summed E-state index contributed by atoms with van der Waals surface area (Å²) in [5.41, 5.74) is 5.93. The molecule has 0 heterocycles. The van der Waals surface area contributed by atoms with Gasteiger partial charge in [-0.2, -0.15) is 0 Å². The second-order valence-electron chi connectivity index (χ2n) is 5.67. The predicted molar refractivity (Wildman–Crippen MR) is 77.4 cm³/mol. The Morgan fingerprint density at radius 1 is 1.33 bits per heavy atom. The lowest BCUT2D eigenvalue weighted by Crippen LogP contribution is -2.35. The monoisotopic (exact) mass is 296 g/mol. The Bertz CT molecular complexity index is 487. The van der Waals surface area contributed by atoms with Crippen LogP contribution in [0.2, 0.25) is 0 Å². The molecule has 0 unspecified atom stereocenters. The van der Waals surface area contributed by atoms with E-state index in [2.05, 4.69) is 0 Å². The number of hydrogen-bond donors (Lipinski definition) is 1. The van der Waals surface area contributed by atoms with Crippen molar-refractivity contribution in [2.75, 3.05) is 6.54 Å². The summed E-state index contributed by atoms with van der Waals surface area (Å²) in [5.74, 6) is -1.11. The number of carbonyl (C=O) groups is 1. The van der Waals surface area contributed by atoms with Crippen molar-refractivity contribution in [1.82, 2.24) is 4.90 Å². The Balaban J connectivity index is 2.04. The van der Waals surface area contributed by atoms with Crippen molar-refractivity contribution in [2.45, 2.75) is 45.2 Å². The van der Waals surface area contributed by atoms with Gasteiger partial charge in [0, 0.05) is 24.6 Å². The van der Waals surface area contributed by atoms with Gasteiger partial charge in [-0.3, -0.25) is 4.79 Å². The molecule has 2 N–H and O–H groups in total. The van der Waals surface area contributed by atoms with Crippen LogP contribution < -0.4 is 5.73 Å². The third-order valence-corrected chi connectivity index (χ3v) is 4.30. The molecule has 1 amide bonds. The van der Waals surface area contributed by atoms with Crippen LogP contribution in [0.4, 0.5) is 8.78 Å². The second kappa shape index (κ2) is 6.98. The molecule has 1 saturated carbocycles. The first-order valence-electron chi connectivity index (χ1n) is 7.49. The number of carbonyl (C=O) groups excluding carboxylic acids is 1. The molecule has 1 aliphatic rings. The molecule has 3 nitrogen and oxygen atoms in total. The highest BCUT2D eigenvalue weighted by atomic mass is 19.1. The molecular weight excluding hydrogens is 274 g/mol. The van der Waals surface area contributed by atoms with Gasteiger partial charge in [-0.25, -0.2) is 8.78 Å². The van der Waals surface area contributed by atoms with Crippen LogP contribution in [0.15, 0.2) is 18.2 Å². The summed E-state index contributed by atoms with van der Waals surface area (Å²) in [6.07, 6.45) is 3.32. The largest absolute Gasteiger partial charge is 0.338 e. The Kier molecular flexibility index (Phi) is 5.28. The molecule has 5 heteroatoms. The number of halogens is 2. The maximum absolute atomic E-state index is 13.7. The zero-order chi connectivity index (χ0) is 15.4. The number of benzene rings is 1. The lowest BCUT2D eigenvalue weighted by Gasteiger charge is -2.24. The fraction of sp³-hybridized carbons (Fsp3) is 0.562. The molecule has 1 aromatic carbocycles. The van der Waals surface area contributed by atoms with Crippen LogP contribution in [0, 0.1) is 17.6 Å². The van der Waals surface area contributed by atoms with E-state index in [1.165, 1.54) is 23.1 Å². The number of nitrogens with zero attached hydrogens (tertiary/aromatic N) is 1. The van der Waals surface area contributed by atoms with Crippen molar-refractivity contribution >= 4 is 5.91 Å². The van der Waals surface area contributed by atoms with Gasteiger partial charge in [-0.15, -0.1) is 0 Å². The summed E-state index contributed by atoms with van der Waals surface area (Å²) >= 11 is 0. The first-order chi connectivity index (χ1) is 10.0. The minimum Gasteiger partial charge on any atom is -0.338 e. The van der Waals surface area contributed by atoms with Crippen LogP contribution in [0.1, 0.15) is 38.2 Å². The minimum absolute atomic E-state index is 0.0319. The highest BCUT2D eigenvalue weighted by Crippen LogP contribution is 2.27. The first-order valence-corrected chi connectivity index (χ1v) is 7.49. The van der Waals surface area contributed by atoms with Crippen LogP contribution >= 0.6 is 0 Å². The van der Waals surface area contributed by atoms with Crippen molar-refractivity contribution in [2.24, 2.45) is 11.7 Å². The molecule has 0 aromatic heterocycles. The van der Waals surface area contributed by atoms with Gasteiger partial charge in [0.1, 0.15) is 11.6 Å². The molecule has 1 aliphatic carbocycles. The molecule has 1 fully saturated rings. The van der Waals surface area contributed by atoms with Gasteiger partial charge in [-0.05, 0) is 37.8 Å². The number of rotatable bonds is 5. The third-order valence-electron chi connectivity index (χ3n) is 4.30. The fourth-order valence-corrected chi connectivity index (χ4v) is 2.92. The van der Waals surface area contributed by atoms with E-state index in [4.69, 9.17) is 5.73 Å². The molecule has 116 valence electrons. The zero-order valence-electron chi connectivity index (χ0n) is 12.3. The van der Waals surface area contributed by atoms with Gasteiger partial charge in [0.05, 0.1) is 6.54 Å². The highest BCUT2D eigenvalue weighted by Gasteiger charge is 2.28. The lowest BCUT2D eigenvalue weighted by atomic mass is 9.99. The molecule has 0 spiro atoms. The van der Waals surface area contributed by atoms with Crippen molar-refractivity contribution in [3.8, 4) is 0 Å². The molecule has 0 aliphatic heterocycles. The minimum atomic E-state index is -0.612. The van der Waals surface area contributed by atoms with E-state index in [1.807, 2.05) is 6.92 Å². The Morgan fingerprint density at radius 3 is 2.52 bits per heavy atom. The Labute approximate surface area is 124 Å². The smallest absolute Gasteiger partial charge is 0.223 e. The first kappa shape index (κ1) is 15.9. The van der Waals surface area contributed by atoms with E-state index >= 15 is 0 Å². The van der Waals surface area contributed by atoms with Crippen molar-refractivity contribution < 1.29 is 13.6 Å². The molecular formula is C16H22F2N2O. The molecule has 0 radical (unpaired) electrons. The van der Waals surface area contributed by atoms with Crippen LogP contribution in [0.3, 0.4) is 0 Å². The molecule has 2 rings (SSSR count). The summed E-state index contributed by atoms with van der Waals surface area (Å²) in [6.45, 7) is 2.20. The van der Waals surface area contributed by atoms with Gasteiger partial charge in [0.25, 0.3) is 0 Å². The van der Waals surface area contributed by atoms with Gasteiger partial charge < -0.3 is 10.6 Å². The topological polar surface area (TPSA) is 46.3 Å². The second-order valence-corrected chi connectivity index (χ2v) is 5.67. The third kappa shape index (κ3) is 3.79. The van der Waals surface area contributed by atoms with Gasteiger partial charge in [0.2, 0.25) is 5.91 Å². The SMILES string of the molecule is CCN(Cc1c(F)cccc1F)C(=O)C[C@@H]1CCC[C@H]1N. The van der Waals surface area contributed by atoms with Crippen LogP contribution in [-0.2, 0) is 11.3 Å². The van der Waals surface area contributed by atoms with Crippen LogP contribution in [-0.4, -0.2) is 23.4 Å². The summed E-state index contributed by atoms with van der Waals surface area (Å²) in [7, 11) is 0. The summed E-state index contributed by atoms with van der Waals surface area (Å²) in [6, 6.07) is 3.81. The molecule has 1 aromatic rings. The Hall–Kier alpha value is -1.49. The average molecular weight is 296 g/mol. The van der Waals surface area contributed by atoms with Gasteiger partial charge >= 0.3 is 0 Å². The van der Waals surface area contributed by atoms with E-state index in [0.717, 1.165) is 19.3 Å². The fourth-order valence-electron chi connectivity index (χ4n) is 2.92. The summed E-state index contributed by atoms with van der Waals surface area (Å²) in [4.78, 5) is 13.8. The maximum Gasteiger partial charge on any atom is 0.223 e. The van der Waals surface area contributed by atoms with Gasteiger partial charge in [0.15, 0.2) is 0 Å². The van der Waals surface area contributed by atoms with Crippen molar-refractivity contribution in [1.29, 1.82) is 0 Å². The maximum atomic E-state index is 13.7. The molecule has 0 saturated heterocycles. The van der Waals surface area contributed by atoms with E-state index in [1.54, 1.807) is 0 Å². The van der Waals surface area contributed by atoms with Crippen molar-refractivity contribution in [3.05, 3.63) is 35.4 Å². The highest BCUT2D eigenvalue weighted by molar-refractivity contribution is 5.76. The van der Waals surface area contributed by atoms with E-state index in [0.29, 0.717) is 13.0 Å². The standard InChI is InChI=1S/C16H22F2N2O/c1-2-20(10-12-13(17)6-4-7-14(12)18)16(21)9-11-5-3-8-15(11)19/h4,6-7,11,15H,2-3,5,8-10,19H2,1H3/t11-,15+/m0/s1. The lowest BCUT2D eigenvalue weighted by molar-refractivity contribution is -0.132. The zero-order valence-corrected chi connectivity index (χ0v) is 12.3. The normalized spacial score (nSPS) is 21.5. The summed E-state index contributed by atoms with van der Waals surface area (Å²) < 4.78 is 27.4. The quantitative estimate of drug-likeness (QED) is 0.908. The molecule has 2 atom stereocenters. The van der Waals surface area contributed by atoms with E-state index in [-0.39, 0.29) is 30.0 Å². The van der Waals surface area contributed by atoms with Crippen molar-refractivity contribution in [3.63, 3.8) is 0 Å². The molecule has 0 bridgehead atoms. The van der Waals surface area contributed by atoms with Crippen LogP contribution in [0.25, 0.3) is 0 Å². The number of amides is 1. The van der Waals surface area contributed by atoms with Crippen LogP contribution in [0.5, 0.6) is 0 Å². The van der Waals surface area contributed by atoms with E-state index < -0.39 is 11.6 Å². The number of nitrogens with two attached hydrogens (primary N) is 1. The van der Waals surface area contributed by atoms with E-state index in [9.17, 15) is 13.6 Å². The molecule has 21 heavy (non-hydrogen) atoms. The summed E-state index contributed by atoms with van der Waals surface area (Å²) in [5, 5.41) is 0. The number of hydrogen-bond acceptors (Lipinski definition) is 2. The Morgan fingerprint density at radius 2 is 2.00 bits per heavy atom. The van der Waals surface area contributed by atoms with Gasteiger partial charge in [-0.1, -0.05) is 12.5 Å².